The number of benzene rings is 2. The van der Waals surface area contributed by atoms with Gasteiger partial charge < -0.3 is 0 Å². The van der Waals surface area contributed by atoms with Crippen LogP contribution in [0, 0.1) is 17.6 Å². The van der Waals surface area contributed by atoms with E-state index in [0.717, 1.165) is 28.1 Å². The summed E-state index contributed by atoms with van der Waals surface area (Å²) in [6.07, 6.45) is -0.0232. The van der Waals surface area contributed by atoms with Crippen molar-refractivity contribution in [3.8, 4) is 0 Å². The molecule has 1 fully saturated rings. The Bertz CT molecular complexity index is 1090. The Morgan fingerprint density at radius 3 is 2.50 bits per heavy atom. The molecule has 1 aliphatic heterocycles. The molecule has 1 N–H and O–H groups in total. The zero-order valence-corrected chi connectivity index (χ0v) is 18.0. The lowest BCUT2D eigenvalue weighted by Gasteiger charge is -2.30. The van der Waals surface area contributed by atoms with Gasteiger partial charge in [0.05, 0.1) is 22.7 Å². The number of nitrogens with one attached hydrogen (secondary N) is 1. The van der Waals surface area contributed by atoms with Crippen LogP contribution in [0.15, 0.2) is 42.5 Å². The normalized spacial score (nSPS) is 16.8. The van der Waals surface area contributed by atoms with Crippen LogP contribution in [0.2, 0.25) is 5.02 Å². The molecule has 2 atom stereocenters. The molecule has 1 aliphatic rings. The van der Waals surface area contributed by atoms with E-state index in [4.69, 9.17) is 11.6 Å². The molecular formula is C22H20ClF2N3O4. The van der Waals surface area contributed by atoms with Gasteiger partial charge in [-0.3, -0.25) is 24.6 Å². The van der Waals surface area contributed by atoms with Crippen molar-refractivity contribution < 1.29 is 28.0 Å². The maximum atomic E-state index is 14.0. The summed E-state index contributed by atoms with van der Waals surface area (Å²) in [7, 11) is 0. The molecule has 0 saturated carbocycles. The zero-order chi connectivity index (χ0) is 23.6. The fourth-order valence-electron chi connectivity index (χ4n) is 3.23. The number of hydrogen-bond acceptors (Lipinski definition) is 4. The minimum atomic E-state index is -1.36. The van der Waals surface area contributed by atoms with Gasteiger partial charge in [0.15, 0.2) is 0 Å². The topological polar surface area (TPSA) is 86.8 Å². The van der Waals surface area contributed by atoms with E-state index in [2.05, 4.69) is 5.43 Å². The van der Waals surface area contributed by atoms with Crippen LogP contribution in [0.5, 0.6) is 0 Å². The number of imide groups is 1. The van der Waals surface area contributed by atoms with Crippen LogP contribution in [0.3, 0.4) is 0 Å². The number of nitrogens with zero attached hydrogens (tertiary/aromatic N) is 2. The molecule has 1 heterocycles. The number of carbonyl (C=O) groups excluding carboxylic acids is 4. The molecule has 7 nitrogen and oxygen atoms in total. The summed E-state index contributed by atoms with van der Waals surface area (Å²) in [5.74, 6) is -5.14. The molecule has 4 amide bonds. The SMILES string of the molecule is CCC(C)C(=O)N(NC(=O)c1ccccc1F)C1CC(=O)N(c2ccc(F)c(Cl)c2)C1=O. The summed E-state index contributed by atoms with van der Waals surface area (Å²) >= 11 is 5.77. The number of amides is 4. The number of carbonyl (C=O) groups is 4. The second-order valence-electron chi connectivity index (χ2n) is 7.32. The molecule has 2 aromatic carbocycles. The van der Waals surface area contributed by atoms with E-state index in [1.165, 1.54) is 24.3 Å². The first-order chi connectivity index (χ1) is 15.1. The fourth-order valence-corrected chi connectivity index (χ4v) is 3.40. The van der Waals surface area contributed by atoms with Crippen LogP contribution >= 0.6 is 11.6 Å². The predicted molar refractivity (Wildman–Crippen MR) is 112 cm³/mol. The smallest absolute Gasteiger partial charge is 0.272 e. The van der Waals surface area contributed by atoms with Crippen molar-refractivity contribution in [1.29, 1.82) is 0 Å². The number of rotatable bonds is 5. The van der Waals surface area contributed by atoms with E-state index < -0.39 is 53.6 Å². The van der Waals surface area contributed by atoms with Crippen molar-refractivity contribution in [2.75, 3.05) is 4.90 Å². The van der Waals surface area contributed by atoms with E-state index in [-0.39, 0.29) is 16.3 Å². The Kier molecular flexibility index (Phi) is 6.88. The largest absolute Gasteiger partial charge is 0.274 e. The standard InChI is InChI=1S/C22H20ClF2N3O4/c1-3-12(2)21(31)28(26-20(30)14-6-4-5-7-16(14)24)18-11-19(29)27(22(18)32)13-8-9-17(25)15(23)10-13/h4-10,12,18H,3,11H2,1-2H3,(H,26,30). The molecule has 3 rings (SSSR count). The Balaban J connectivity index is 1.94. The van der Waals surface area contributed by atoms with E-state index in [9.17, 15) is 28.0 Å². The first-order valence-corrected chi connectivity index (χ1v) is 10.2. The molecule has 0 aromatic heterocycles. The van der Waals surface area contributed by atoms with E-state index in [0.29, 0.717) is 6.42 Å². The summed E-state index contributed by atoms with van der Waals surface area (Å²) in [6, 6.07) is 7.13. The molecule has 168 valence electrons. The van der Waals surface area contributed by atoms with Gasteiger partial charge in [-0.2, -0.15) is 0 Å². The lowest BCUT2D eigenvalue weighted by molar-refractivity contribution is -0.144. The number of hydrazine groups is 1. The predicted octanol–water partition coefficient (Wildman–Crippen LogP) is 3.47. The molecular weight excluding hydrogens is 444 g/mol. The van der Waals surface area contributed by atoms with Crippen molar-refractivity contribution in [2.45, 2.75) is 32.7 Å². The third kappa shape index (κ3) is 4.47. The van der Waals surface area contributed by atoms with Crippen LogP contribution in [0.25, 0.3) is 0 Å². The second kappa shape index (κ2) is 9.44. The Labute approximate surface area is 187 Å². The van der Waals surface area contributed by atoms with Crippen LogP contribution in [0.1, 0.15) is 37.0 Å². The monoisotopic (exact) mass is 463 g/mol. The lowest BCUT2D eigenvalue weighted by Crippen LogP contribution is -2.56. The molecule has 0 aliphatic carbocycles. The Morgan fingerprint density at radius 2 is 1.88 bits per heavy atom. The first kappa shape index (κ1) is 23.3. The van der Waals surface area contributed by atoms with Gasteiger partial charge >= 0.3 is 0 Å². The van der Waals surface area contributed by atoms with Gasteiger partial charge in [0.25, 0.3) is 11.8 Å². The van der Waals surface area contributed by atoms with Gasteiger partial charge in [-0.1, -0.05) is 37.6 Å². The molecule has 32 heavy (non-hydrogen) atoms. The fraction of sp³-hybridized carbons (Fsp3) is 0.273. The van der Waals surface area contributed by atoms with Crippen LogP contribution in [0.4, 0.5) is 14.5 Å². The van der Waals surface area contributed by atoms with Gasteiger partial charge in [-0.05, 0) is 36.8 Å². The van der Waals surface area contributed by atoms with Gasteiger partial charge in [0, 0.05) is 5.92 Å². The van der Waals surface area contributed by atoms with Crippen molar-refractivity contribution in [2.24, 2.45) is 5.92 Å². The zero-order valence-electron chi connectivity index (χ0n) is 17.3. The first-order valence-electron chi connectivity index (χ1n) is 9.86. The maximum Gasteiger partial charge on any atom is 0.272 e. The van der Waals surface area contributed by atoms with Crippen molar-refractivity contribution in [3.05, 3.63) is 64.7 Å². The summed E-state index contributed by atoms with van der Waals surface area (Å²) in [6.45, 7) is 3.34. The summed E-state index contributed by atoms with van der Waals surface area (Å²) < 4.78 is 27.6. The molecule has 0 radical (unpaired) electrons. The second-order valence-corrected chi connectivity index (χ2v) is 7.73. The van der Waals surface area contributed by atoms with E-state index in [1.54, 1.807) is 13.8 Å². The molecule has 10 heteroatoms. The lowest BCUT2D eigenvalue weighted by atomic mass is 10.1. The number of hydrogen-bond donors (Lipinski definition) is 1. The molecule has 0 spiro atoms. The summed E-state index contributed by atoms with van der Waals surface area (Å²) in [5, 5.41) is 0.501. The maximum absolute atomic E-state index is 14.0. The van der Waals surface area contributed by atoms with E-state index in [1.807, 2.05) is 0 Å². The van der Waals surface area contributed by atoms with Gasteiger partial charge in [0.2, 0.25) is 11.8 Å². The highest BCUT2D eigenvalue weighted by atomic mass is 35.5. The minimum Gasteiger partial charge on any atom is -0.274 e. The van der Waals surface area contributed by atoms with Crippen molar-refractivity contribution >= 4 is 40.9 Å². The molecule has 2 aromatic rings. The van der Waals surface area contributed by atoms with Crippen molar-refractivity contribution in [1.82, 2.24) is 10.4 Å². The van der Waals surface area contributed by atoms with Gasteiger partial charge in [-0.25, -0.2) is 18.7 Å². The average Bonchev–Trinajstić information content (AvgIpc) is 3.06. The Hall–Kier alpha value is -3.33. The van der Waals surface area contributed by atoms with Gasteiger partial charge in [-0.15, -0.1) is 0 Å². The van der Waals surface area contributed by atoms with Crippen LogP contribution < -0.4 is 10.3 Å². The number of halogens is 3. The highest BCUT2D eigenvalue weighted by Crippen LogP contribution is 2.29. The Morgan fingerprint density at radius 1 is 1.19 bits per heavy atom. The summed E-state index contributed by atoms with van der Waals surface area (Å²) in [5.41, 5.74) is 2.00. The third-order valence-electron chi connectivity index (χ3n) is 5.21. The average molecular weight is 464 g/mol. The minimum absolute atomic E-state index is 0.0327. The molecule has 2 unspecified atom stereocenters. The third-order valence-corrected chi connectivity index (χ3v) is 5.50. The van der Waals surface area contributed by atoms with Gasteiger partial charge in [0.1, 0.15) is 17.7 Å². The van der Waals surface area contributed by atoms with Crippen LogP contribution in [-0.2, 0) is 14.4 Å². The highest BCUT2D eigenvalue weighted by Gasteiger charge is 2.46. The molecule has 1 saturated heterocycles. The summed E-state index contributed by atoms with van der Waals surface area (Å²) in [4.78, 5) is 52.1. The van der Waals surface area contributed by atoms with E-state index >= 15 is 0 Å². The quantitative estimate of drug-likeness (QED) is 0.543. The van der Waals surface area contributed by atoms with Crippen LogP contribution in [-0.4, -0.2) is 34.7 Å². The highest BCUT2D eigenvalue weighted by molar-refractivity contribution is 6.31. The molecule has 0 bridgehead atoms. The number of anilines is 1. The van der Waals surface area contributed by atoms with Crippen molar-refractivity contribution in [3.63, 3.8) is 0 Å².